The van der Waals surface area contributed by atoms with Crippen LogP contribution in [-0.2, 0) is 10.0 Å². The van der Waals surface area contributed by atoms with E-state index in [-0.39, 0.29) is 5.75 Å². The van der Waals surface area contributed by atoms with E-state index in [0.717, 1.165) is 12.1 Å². The minimum Gasteiger partial charge on any atom is -0.495 e. The van der Waals surface area contributed by atoms with E-state index >= 15 is 0 Å². The van der Waals surface area contributed by atoms with Gasteiger partial charge in [0.05, 0.1) is 11.6 Å². The largest absolute Gasteiger partial charge is 0.495 e. The van der Waals surface area contributed by atoms with Gasteiger partial charge in [-0.25, -0.2) is 17.9 Å². The van der Waals surface area contributed by atoms with Crippen molar-refractivity contribution in [2.24, 2.45) is 5.14 Å². The maximum atomic E-state index is 13.2. The summed E-state index contributed by atoms with van der Waals surface area (Å²) in [5.41, 5.74) is 0. The van der Waals surface area contributed by atoms with Gasteiger partial charge in [-0.05, 0) is 22.0 Å². The molecule has 0 bridgehead atoms. The van der Waals surface area contributed by atoms with Crippen LogP contribution in [0.2, 0.25) is 0 Å². The molecule has 0 unspecified atom stereocenters. The molecular formula is C7H7BrFNO3S. The molecule has 0 aliphatic carbocycles. The summed E-state index contributed by atoms with van der Waals surface area (Å²) in [4.78, 5) is -0.565. The summed E-state index contributed by atoms with van der Waals surface area (Å²) in [5, 5.41) is 4.79. The van der Waals surface area contributed by atoms with Gasteiger partial charge in [0.2, 0.25) is 10.0 Å². The SMILES string of the molecule is COc1cc(F)c(S(N)(=O)=O)cc1Br. The van der Waals surface area contributed by atoms with Crippen molar-refractivity contribution in [1.29, 1.82) is 0 Å². The Labute approximate surface area is 89.0 Å². The van der Waals surface area contributed by atoms with Gasteiger partial charge < -0.3 is 4.74 Å². The van der Waals surface area contributed by atoms with Gasteiger partial charge in [-0.15, -0.1) is 0 Å². The first-order valence-electron chi connectivity index (χ1n) is 3.42. The second kappa shape index (κ2) is 3.84. The average molecular weight is 284 g/mol. The Kier molecular flexibility index (Phi) is 3.13. The predicted molar refractivity (Wildman–Crippen MR) is 52.0 cm³/mol. The highest BCUT2D eigenvalue weighted by atomic mass is 79.9. The van der Waals surface area contributed by atoms with E-state index in [0.29, 0.717) is 4.47 Å². The number of halogens is 2. The molecule has 0 spiro atoms. The maximum absolute atomic E-state index is 13.2. The number of hydrogen-bond acceptors (Lipinski definition) is 3. The molecule has 0 atom stereocenters. The van der Waals surface area contributed by atoms with E-state index in [1.54, 1.807) is 0 Å². The number of ether oxygens (including phenoxy) is 1. The Morgan fingerprint density at radius 2 is 2.07 bits per heavy atom. The van der Waals surface area contributed by atoms with Crippen LogP contribution in [-0.4, -0.2) is 15.5 Å². The third-order valence-electron chi connectivity index (χ3n) is 1.51. The fourth-order valence-electron chi connectivity index (χ4n) is 0.885. The minimum atomic E-state index is -4.04. The zero-order valence-corrected chi connectivity index (χ0v) is 9.52. The number of sulfonamides is 1. The van der Waals surface area contributed by atoms with Crippen molar-refractivity contribution in [1.82, 2.24) is 0 Å². The zero-order chi connectivity index (χ0) is 10.9. The Morgan fingerprint density at radius 3 is 2.50 bits per heavy atom. The lowest BCUT2D eigenvalue weighted by atomic mass is 10.3. The molecule has 2 N–H and O–H groups in total. The summed E-state index contributed by atoms with van der Waals surface area (Å²) in [6.45, 7) is 0. The van der Waals surface area contributed by atoms with Crippen molar-refractivity contribution in [3.05, 3.63) is 22.4 Å². The molecule has 0 heterocycles. The summed E-state index contributed by atoms with van der Waals surface area (Å²) >= 11 is 3.02. The summed E-state index contributed by atoms with van der Waals surface area (Å²) < 4.78 is 40.0. The van der Waals surface area contributed by atoms with Gasteiger partial charge in [0, 0.05) is 6.07 Å². The van der Waals surface area contributed by atoms with Crippen LogP contribution in [0.25, 0.3) is 0 Å². The fourth-order valence-corrected chi connectivity index (χ4v) is 2.15. The van der Waals surface area contributed by atoms with Crippen LogP contribution < -0.4 is 9.88 Å². The van der Waals surface area contributed by atoms with Crippen LogP contribution in [0.15, 0.2) is 21.5 Å². The number of benzene rings is 1. The molecule has 1 aromatic rings. The summed E-state index contributed by atoms with van der Waals surface area (Å²) in [6, 6.07) is 2.01. The van der Waals surface area contributed by atoms with Crippen LogP contribution >= 0.6 is 15.9 Å². The van der Waals surface area contributed by atoms with Crippen LogP contribution in [0, 0.1) is 5.82 Å². The normalized spacial score (nSPS) is 11.4. The van der Waals surface area contributed by atoms with Crippen molar-refractivity contribution in [2.75, 3.05) is 7.11 Å². The molecule has 0 radical (unpaired) electrons. The summed E-state index contributed by atoms with van der Waals surface area (Å²) in [6.07, 6.45) is 0. The first-order valence-corrected chi connectivity index (χ1v) is 5.76. The van der Waals surface area contributed by atoms with Crippen LogP contribution in [0.1, 0.15) is 0 Å². The van der Waals surface area contributed by atoms with Gasteiger partial charge in [0.25, 0.3) is 0 Å². The van der Waals surface area contributed by atoms with Gasteiger partial charge in [-0.1, -0.05) is 0 Å². The third kappa shape index (κ3) is 2.23. The lowest BCUT2D eigenvalue weighted by molar-refractivity contribution is 0.407. The Balaban J connectivity index is 3.44. The number of methoxy groups -OCH3 is 1. The van der Waals surface area contributed by atoms with Crippen molar-refractivity contribution in [3.63, 3.8) is 0 Å². The smallest absolute Gasteiger partial charge is 0.241 e. The topological polar surface area (TPSA) is 69.4 Å². The number of hydrogen-bond donors (Lipinski definition) is 1. The lowest BCUT2D eigenvalue weighted by Gasteiger charge is -2.06. The Bertz CT molecular complexity index is 460. The molecule has 0 saturated heterocycles. The monoisotopic (exact) mass is 283 g/mol. The summed E-state index contributed by atoms with van der Waals surface area (Å²) in [7, 11) is -2.70. The zero-order valence-electron chi connectivity index (χ0n) is 7.12. The van der Waals surface area contributed by atoms with Gasteiger partial charge in [-0.3, -0.25) is 0 Å². The van der Waals surface area contributed by atoms with Crippen molar-refractivity contribution >= 4 is 26.0 Å². The second-order valence-corrected chi connectivity index (χ2v) is 4.85. The van der Waals surface area contributed by atoms with Crippen molar-refractivity contribution < 1.29 is 17.5 Å². The standard InChI is InChI=1S/C7H7BrFNO3S/c1-13-6-3-5(9)7(2-4(6)8)14(10,11)12/h2-3H,1H3,(H2,10,11,12). The molecule has 78 valence electrons. The molecule has 0 aromatic heterocycles. The van der Waals surface area contributed by atoms with Crippen LogP contribution in [0.5, 0.6) is 5.75 Å². The molecule has 7 heteroatoms. The van der Waals surface area contributed by atoms with E-state index in [1.807, 2.05) is 0 Å². The summed E-state index contributed by atoms with van der Waals surface area (Å²) in [5.74, 6) is -0.734. The first-order chi connectivity index (χ1) is 6.36. The highest BCUT2D eigenvalue weighted by Gasteiger charge is 2.17. The van der Waals surface area contributed by atoms with E-state index < -0.39 is 20.7 Å². The predicted octanol–water partition coefficient (Wildman–Crippen LogP) is 1.24. The molecule has 0 amide bonds. The average Bonchev–Trinajstić information content (AvgIpc) is 2.06. The minimum absolute atomic E-state index is 0.204. The fraction of sp³-hybridized carbons (Fsp3) is 0.143. The number of primary sulfonamides is 1. The van der Waals surface area contributed by atoms with E-state index in [1.165, 1.54) is 7.11 Å². The molecule has 1 aromatic carbocycles. The van der Waals surface area contributed by atoms with Gasteiger partial charge in [0.15, 0.2) is 0 Å². The first kappa shape index (κ1) is 11.4. The molecule has 0 aliphatic rings. The molecule has 4 nitrogen and oxygen atoms in total. The molecule has 0 fully saturated rings. The van der Waals surface area contributed by atoms with Gasteiger partial charge in [-0.2, -0.15) is 0 Å². The quantitative estimate of drug-likeness (QED) is 0.888. The van der Waals surface area contributed by atoms with Crippen LogP contribution in [0.3, 0.4) is 0 Å². The molecular weight excluding hydrogens is 277 g/mol. The van der Waals surface area contributed by atoms with Crippen LogP contribution in [0.4, 0.5) is 4.39 Å². The Morgan fingerprint density at radius 1 is 1.50 bits per heavy atom. The lowest BCUT2D eigenvalue weighted by Crippen LogP contribution is -2.14. The van der Waals surface area contributed by atoms with Gasteiger partial charge >= 0.3 is 0 Å². The van der Waals surface area contributed by atoms with E-state index in [4.69, 9.17) is 9.88 Å². The highest BCUT2D eigenvalue weighted by Crippen LogP contribution is 2.29. The van der Waals surface area contributed by atoms with Crippen molar-refractivity contribution in [3.8, 4) is 5.75 Å². The highest BCUT2D eigenvalue weighted by molar-refractivity contribution is 9.10. The molecule has 0 aliphatic heterocycles. The Hall–Kier alpha value is -0.660. The maximum Gasteiger partial charge on any atom is 0.241 e. The number of nitrogens with two attached hydrogens (primary N) is 1. The molecule has 1 rings (SSSR count). The second-order valence-electron chi connectivity index (χ2n) is 2.46. The van der Waals surface area contributed by atoms with Gasteiger partial charge in [0.1, 0.15) is 16.5 Å². The third-order valence-corrected chi connectivity index (χ3v) is 3.06. The van der Waals surface area contributed by atoms with Crippen molar-refractivity contribution in [2.45, 2.75) is 4.90 Å². The van der Waals surface area contributed by atoms with E-state index in [2.05, 4.69) is 15.9 Å². The number of rotatable bonds is 2. The molecule has 14 heavy (non-hydrogen) atoms. The van der Waals surface area contributed by atoms with E-state index in [9.17, 15) is 12.8 Å². The molecule has 0 saturated carbocycles.